The van der Waals surface area contributed by atoms with Gasteiger partial charge in [0.1, 0.15) is 6.54 Å². The van der Waals surface area contributed by atoms with Gasteiger partial charge in [0.2, 0.25) is 5.91 Å². The van der Waals surface area contributed by atoms with E-state index in [1.54, 1.807) is 18.7 Å². The summed E-state index contributed by atoms with van der Waals surface area (Å²) in [6.45, 7) is 1.98. The predicted molar refractivity (Wildman–Crippen MR) is 79.4 cm³/mol. The van der Waals surface area contributed by atoms with Gasteiger partial charge in [-0.25, -0.2) is 0 Å². The molecule has 0 spiro atoms. The molecule has 1 N–H and O–H groups in total. The quantitative estimate of drug-likeness (QED) is 0.772. The normalized spacial score (nSPS) is 10.2. The van der Waals surface area contributed by atoms with Gasteiger partial charge < -0.3 is 10.0 Å². The average molecular weight is 346 g/mol. The van der Waals surface area contributed by atoms with Crippen LogP contribution in [0.25, 0.3) is 0 Å². The Morgan fingerprint density at radius 2 is 1.95 bits per heavy atom. The Kier molecular flexibility index (Phi) is 6.94. The van der Waals surface area contributed by atoms with Crippen LogP contribution in [0.4, 0.5) is 0 Å². The minimum absolute atomic E-state index is 0.116. The molecule has 1 rings (SSSR count). The number of rotatable bonds is 7. The summed E-state index contributed by atoms with van der Waals surface area (Å²) >= 11 is 4.95. The van der Waals surface area contributed by atoms with Crippen LogP contribution in [0.5, 0.6) is 0 Å². The van der Waals surface area contributed by atoms with E-state index in [9.17, 15) is 9.59 Å². The van der Waals surface area contributed by atoms with Crippen molar-refractivity contribution >= 4 is 39.6 Å². The number of hydrogen-bond donors (Lipinski definition) is 1. The molecule has 0 unspecified atom stereocenters. The maximum Gasteiger partial charge on any atom is 0.323 e. The summed E-state index contributed by atoms with van der Waals surface area (Å²) in [4.78, 5) is 24.8. The molecule has 0 aliphatic heterocycles. The lowest BCUT2D eigenvalue weighted by Crippen LogP contribution is -2.35. The number of carboxylic acids is 1. The van der Waals surface area contributed by atoms with E-state index < -0.39 is 5.97 Å². The van der Waals surface area contributed by atoms with Gasteiger partial charge in [0.05, 0.1) is 0 Å². The highest BCUT2D eigenvalue weighted by Crippen LogP contribution is 2.21. The highest BCUT2D eigenvalue weighted by molar-refractivity contribution is 9.10. The summed E-state index contributed by atoms with van der Waals surface area (Å²) in [6, 6.07) is 7.86. The van der Waals surface area contributed by atoms with Crippen molar-refractivity contribution < 1.29 is 14.7 Å². The molecule has 0 aliphatic rings. The fourth-order valence-corrected chi connectivity index (χ4v) is 2.59. The van der Waals surface area contributed by atoms with E-state index in [4.69, 9.17) is 5.11 Å². The second kappa shape index (κ2) is 8.22. The zero-order valence-corrected chi connectivity index (χ0v) is 13.0. The lowest BCUT2D eigenvalue weighted by atomic mass is 10.4. The number of benzene rings is 1. The molecule has 0 atom stereocenters. The zero-order valence-electron chi connectivity index (χ0n) is 10.6. The van der Waals surface area contributed by atoms with Gasteiger partial charge in [0.15, 0.2) is 0 Å². The summed E-state index contributed by atoms with van der Waals surface area (Å²) in [5, 5.41) is 8.69. The predicted octanol–water partition coefficient (Wildman–Crippen LogP) is 2.86. The number of likely N-dealkylation sites (N-methyl/N-ethyl adjacent to an activating group) is 1. The first-order chi connectivity index (χ1) is 9.02. The molecule has 0 aliphatic carbocycles. The van der Waals surface area contributed by atoms with E-state index in [2.05, 4.69) is 15.9 Å². The monoisotopic (exact) mass is 345 g/mol. The van der Waals surface area contributed by atoms with Crippen molar-refractivity contribution in [2.24, 2.45) is 0 Å². The lowest BCUT2D eigenvalue weighted by Gasteiger charge is -2.18. The van der Waals surface area contributed by atoms with E-state index in [0.717, 1.165) is 9.37 Å². The molecule has 19 heavy (non-hydrogen) atoms. The van der Waals surface area contributed by atoms with E-state index in [-0.39, 0.29) is 12.5 Å². The highest BCUT2D eigenvalue weighted by Gasteiger charge is 2.14. The standard InChI is InChI=1S/C13H16BrNO3S/c1-2-15(9-13(17)18)12(16)7-8-19-11-5-3-10(14)4-6-11/h3-6H,2,7-9H2,1H3,(H,17,18). The molecule has 4 nitrogen and oxygen atoms in total. The lowest BCUT2D eigenvalue weighted by molar-refractivity contribution is -0.144. The van der Waals surface area contributed by atoms with E-state index in [1.807, 2.05) is 24.3 Å². The smallest absolute Gasteiger partial charge is 0.323 e. The fraction of sp³-hybridized carbons (Fsp3) is 0.385. The first kappa shape index (κ1) is 16.0. The van der Waals surface area contributed by atoms with E-state index >= 15 is 0 Å². The van der Waals surface area contributed by atoms with Crippen LogP contribution < -0.4 is 0 Å². The van der Waals surface area contributed by atoms with Crippen LogP contribution in [0.1, 0.15) is 13.3 Å². The third-order valence-corrected chi connectivity index (χ3v) is 4.00. The summed E-state index contributed by atoms with van der Waals surface area (Å²) in [5.41, 5.74) is 0. The minimum Gasteiger partial charge on any atom is -0.480 e. The Balaban J connectivity index is 2.37. The van der Waals surface area contributed by atoms with Crippen molar-refractivity contribution in [2.75, 3.05) is 18.8 Å². The molecule has 104 valence electrons. The minimum atomic E-state index is -0.976. The van der Waals surface area contributed by atoms with Crippen LogP contribution in [-0.4, -0.2) is 40.7 Å². The van der Waals surface area contributed by atoms with Crippen molar-refractivity contribution in [2.45, 2.75) is 18.2 Å². The van der Waals surface area contributed by atoms with Crippen molar-refractivity contribution in [1.29, 1.82) is 0 Å². The van der Waals surface area contributed by atoms with Gasteiger partial charge in [-0.15, -0.1) is 11.8 Å². The molecular formula is C13H16BrNO3S. The molecule has 0 fully saturated rings. The third kappa shape index (κ3) is 6.11. The number of carboxylic acid groups (broad SMARTS) is 1. The number of hydrogen-bond acceptors (Lipinski definition) is 3. The van der Waals surface area contributed by atoms with Crippen LogP contribution in [0, 0.1) is 0 Å². The molecule has 1 aromatic carbocycles. The van der Waals surface area contributed by atoms with Gasteiger partial charge in [-0.05, 0) is 31.2 Å². The number of halogens is 1. The Morgan fingerprint density at radius 3 is 2.47 bits per heavy atom. The molecule has 0 bridgehead atoms. The second-order valence-electron chi connectivity index (χ2n) is 3.85. The maximum atomic E-state index is 11.8. The summed E-state index contributed by atoms with van der Waals surface area (Å²) in [5.74, 6) is -0.443. The van der Waals surface area contributed by atoms with Crippen LogP contribution in [0.2, 0.25) is 0 Å². The molecule has 0 heterocycles. The van der Waals surface area contributed by atoms with Crippen LogP contribution in [0.3, 0.4) is 0 Å². The second-order valence-corrected chi connectivity index (χ2v) is 5.94. The van der Waals surface area contributed by atoms with Crippen molar-refractivity contribution in [3.8, 4) is 0 Å². The summed E-state index contributed by atoms with van der Waals surface area (Å²) in [6.07, 6.45) is 0.349. The van der Waals surface area contributed by atoms with Crippen molar-refractivity contribution in [1.82, 2.24) is 4.90 Å². The molecular weight excluding hydrogens is 330 g/mol. The number of carbonyl (C=O) groups excluding carboxylic acids is 1. The Labute approximate surface area is 125 Å². The molecule has 0 saturated heterocycles. The average Bonchev–Trinajstić information content (AvgIpc) is 2.38. The Morgan fingerprint density at radius 1 is 1.32 bits per heavy atom. The molecule has 0 aromatic heterocycles. The van der Waals surface area contributed by atoms with Crippen LogP contribution >= 0.6 is 27.7 Å². The zero-order chi connectivity index (χ0) is 14.3. The van der Waals surface area contributed by atoms with Crippen molar-refractivity contribution in [3.63, 3.8) is 0 Å². The molecule has 0 radical (unpaired) electrons. The Bertz CT molecular complexity index is 436. The van der Waals surface area contributed by atoms with Gasteiger partial charge in [-0.3, -0.25) is 9.59 Å². The maximum absolute atomic E-state index is 11.8. The molecule has 1 amide bonds. The largest absolute Gasteiger partial charge is 0.480 e. The van der Waals surface area contributed by atoms with Gasteiger partial charge in [0.25, 0.3) is 0 Å². The number of aliphatic carboxylic acids is 1. The van der Waals surface area contributed by atoms with Crippen LogP contribution in [-0.2, 0) is 9.59 Å². The SMILES string of the molecule is CCN(CC(=O)O)C(=O)CCSc1ccc(Br)cc1. The number of amides is 1. The van der Waals surface area contributed by atoms with E-state index in [1.165, 1.54) is 4.90 Å². The van der Waals surface area contributed by atoms with Gasteiger partial charge in [-0.2, -0.15) is 0 Å². The summed E-state index contributed by atoms with van der Waals surface area (Å²) in [7, 11) is 0. The van der Waals surface area contributed by atoms with Crippen LogP contribution in [0.15, 0.2) is 33.6 Å². The number of thioether (sulfide) groups is 1. The first-order valence-electron chi connectivity index (χ1n) is 5.91. The number of nitrogens with zero attached hydrogens (tertiary/aromatic N) is 1. The molecule has 1 aromatic rings. The van der Waals surface area contributed by atoms with Gasteiger partial charge in [0, 0.05) is 28.1 Å². The number of carbonyl (C=O) groups is 2. The fourth-order valence-electron chi connectivity index (χ4n) is 1.48. The highest BCUT2D eigenvalue weighted by atomic mass is 79.9. The Hall–Kier alpha value is -1.01. The van der Waals surface area contributed by atoms with E-state index in [0.29, 0.717) is 18.7 Å². The van der Waals surface area contributed by atoms with Gasteiger partial charge >= 0.3 is 5.97 Å². The van der Waals surface area contributed by atoms with Crippen molar-refractivity contribution in [3.05, 3.63) is 28.7 Å². The third-order valence-electron chi connectivity index (χ3n) is 2.46. The molecule has 6 heteroatoms. The van der Waals surface area contributed by atoms with Gasteiger partial charge in [-0.1, -0.05) is 15.9 Å². The topological polar surface area (TPSA) is 57.6 Å². The first-order valence-corrected chi connectivity index (χ1v) is 7.68. The summed E-state index contributed by atoms with van der Waals surface area (Å²) < 4.78 is 1.02. The molecule has 0 saturated carbocycles.